The van der Waals surface area contributed by atoms with Crippen LogP contribution in [-0.4, -0.2) is 129 Å². The maximum Gasteiger partial charge on any atom is 0.315 e. The van der Waals surface area contributed by atoms with Crippen LogP contribution in [-0.2, 0) is 38.0 Å². The molecule has 2 bridgehead atoms. The zero-order chi connectivity index (χ0) is 41.3. The Labute approximate surface area is 336 Å². The minimum Gasteiger partial charge on any atom is -0.459 e. The van der Waals surface area contributed by atoms with E-state index in [2.05, 4.69) is 27.7 Å². The molecule has 0 aromatic rings. The van der Waals surface area contributed by atoms with Gasteiger partial charge in [-0.1, -0.05) is 34.1 Å². The lowest BCUT2D eigenvalue weighted by molar-refractivity contribution is -0.344. The van der Waals surface area contributed by atoms with E-state index in [9.17, 15) is 40.2 Å². The van der Waals surface area contributed by atoms with Gasteiger partial charge in [0.25, 0.3) is 0 Å². The van der Waals surface area contributed by atoms with E-state index in [0.717, 1.165) is 57.8 Å². The quantitative estimate of drug-likeness (QED) is 0.195. The maximum atomic E-state index is 14.3. The molecule has 3 aliphatic heterocycles. The van der Waals surface area contributed by atoms with Crippen LogP contribution in [0, 0.1) is 50.7 Å². The average Bonchev–Trinajstić information content (AvgIpc) is 3.59. The number of ether oxygens (including phenoxy) is 6. The highest BCUT2D eigenvalue weighted by Crippen LogP contribution is 2.80. The molecule has 0 spiro atoms. The molecule has 8 rings (SSSR count). The summed E-state index contributed by atoms with van der Waals surface area (Å²) in [6.45, 7) is 13.8. The molecule has 324 valence electrons. The topological polar surface area (TPSA) is 211 Å². The molecule has 8 fully saturated rings. The lowest BCUT2D eigenvalue weighted by Gasteiger charge is -2.74. The highest BCUT2D eigenvalue weighted by atomic mass is 16.8. The largest absolute Gasteiger partial charge is 0.459 e. The summed E-state index contributed by atoms with van der Waals surface area (Å²) in [7, 11) is 0. The molecule has 19 atom stereocenters. The number of esters is 2. The van der Waals surface area contributed by atoms with E-state index in [-0.39, 0.29) is 52.0 Å². The smallest absolute Gasteiger partial charge is 0.315 e. The highest BCUT2D eigenvalue weighted by molar-refractivity contribution is 5.82. The second kappa shape index (κ2) is 14.0. The summed E-state index contributed by atoms with van der Waals surface area (Å²) >= 11 is 0. The number of fused-ring (bicyclic) bond motifs is 5. The first kappa shape index (κ1) is 42.2. The standard InChI is InChI=1S/C43H68O14/c1-22(46)53-32-30(48)24(20-45)55-35(32)56-33-31(49)29(47)23(19-44)54-34(33)52-21-38(4)13-8-14-39(5)26(38)11-15-40(6)27(39)9-10-28-41(40,7)17-18-43(51)25-12-16-42(28,43)36(50)57-37(25,2)3/h23-35,44-45,47-49,51H,8-21H2,1-7H3/t23-,24+,25-,26+,27-,28+,29-,30+,31+,32-,33-,34-,35+,38-,39+,40-,41-,42-,43-/m1/s1. The fourth-order valence-corrected chi connectivity index (χ4v) is 15.5. The van der Waals surface area contributed by atoms with Crippen molar-refractivity contribution in [1.82, 2.24) is 0 Å². The van der Waals surface area contributed by atoms with Gasteiger partial charge in [0.1, 0.15) is 47.6 Å². The first-order valence-electron chi connectivity index (χ1n) is 21.6. The van der Waals surface area contributed by atoms with Gasteiger partial charge in [-0.2, -0.15) is 0 Å². The van der Waals surface area contributed by atoms with Crippen LogP contribution in [0.15, 0.2) is 0 Å². The van der Waals surface area contributed by atoms with Crippen molar-refractivity contribution >= 4 is 11.9 Å². The number of carbonyl (C=O) groups excluding carboxylic acids is 2. The van der Waals surface area contributed by atoms with E-state index < -0.39 is 91.1 Å². The maximum absolute atomic E-state index is 14.3. The Morgan fingerprint density at radius 1 is 0.719 bits per heavy atom. The Morgan fingerprint density at radius 2 is 1.35 bits per heavy atom. The van der Waals surface area contributed by atoms with Crippen molar-refractivity contribution in [2.45, 2.75) is 186 Å². The zero-order valence-corrected chi connectivity index (χ0v) is 34.9. The van der Waals surface area contributed by atoms with E-state index in [1.54, 1.807) is 0 Å². The zero-order valence-electron chi connectivity index (χ0n) is 34.9. The first-order valence-corrected chi connectivity index (χ1v) is 21.6. The third-order valence-electron chi connectivity index (χ3n) is 18.3. The van der Waals surface area contributed by atoms with Gasteiger partial charge in [-0.15, -0.1) is 0 Å². The molecule has 3 saturated heterocycles. The molecule has 0 amide bonds. The number of hydrogen-bond donors (Lipinski definition) is 6. The second-order valence-electron chi connectivity index (χ2n) is 21.0. The van der Waals surface area contributed by atoms with E-state index >= 15 is 0 Å². The van der Waals surface area contributed by atoms with Crippen LogP contribution in [0.1, 0.15) is 119 Å². The minimum absolute atomic E-state index is 0.0387. The highest BCUT2D eigenvalue weighted by Gasteiger charge is 2.81. The van der Waals surface area contributed by atoms with Gasteiger partial charge in [0, 0.05) is 12.8 Å². The summed E-state index contributed by atoms with van der Waals surface area (Å²) in [4.78, 5) is 26.2. The molecular formula is C43H68O14. The summed E-state index contributed by atoms with van der Waals surface area (Å²) in [5.74, 6) is -0.279. The number of cyclic esters (lactones) is 1. The lowest BCUT2D eigenvalue weighted by atomic mass is 9.31. The molecule has 0 radical (unpaired) electrons. The molecule has 57 heavy (non-hydrogen) atoms. The SMILES string of the molecule is CC(=O)O[C@H]1[C@H](O[C@H]2[C@H](OC[C@@]3(C)CCC[C@]4(C)[C@H]5CC[C@@H]6[C@]78CC[C@H](C(C)(C)OC7=O)[C@]8(O)CC[C@@]6(C)[C@]5(C)CC[C@@H]34)O[C@H](CO)[C@@H](O)[C@@H]2O)O[C@@H](CO)[C@@H]1O. The van der Waals surface area contributed by atoms with E-state index in [1.165, 1.54) is 6.92 Å². The van der Waals surface area contributed by atoms with Gasteiger partial charge in [-0.3, -0.25) is 9.59 Å². The van der Waals surface area contributed by atoms with Gasteiger partial charge in [-0.25, -0.2) is 0 Å². The third kappa shape index (κ3) is 5.77. The molecule has 6 N–H and O–H groups in total. The average molecular weight is 809 g/mol. The first-order chi connectivity index (χ1) is 26.7. The fourth-order valence-electron chi connectivity index (χ4n) is 15.5. The normalized spacial score (nSPS) is 55.2. The summed E-state index contributed by atoms with van der Waals surface area (Å²) in [5.41, 5.74) is -3.21. The van der Waals surface area contributed by atoms with Crippen LogP contribution in [0.2, 0.25) is 0 Å². The molecule has 5 saturated carbocycles. The number of aliphatic hydroxyl groups is 6. The van der Waals surface area contributed by atoms with Crippen molar-refractivity contribution in [3.05, 3.63) is 0 Å². The number of hydrogen-bond acceptors (Lipinski definition) is 14. The van der Waals surface area contributed by atoms with Gasteiger partial charge < -0.3 is 59.1 Å². The minimum atomic E-state index is -1.60. The van der Waals surface area contributed by atoms with Crippen molar-refractivity contribution in [3.8, 4) is 0 Å². The van der Waals surface area contributed by atoms with Gasteiger partial charge in [0.2, 0.25) is 0 Å². The van der Waals surface area contributed by atoms with E-state index in [1.807, 2.05) is 13.8 Å². The number of aliphatic hydroxyl groups excluding tert-OH is 5. The van der Waals surface area contributed by atoms with Crippen molar-refractivity contribution in [2.24, 2.45) is 50.7 Å². The predicted octanol–water partition coefficient (Wildman–Crippen LogP) is 2.74. The molecule has 14 heteroatoms. The monoisotopic (exact) mass is 808 g/mol. The second-order valence-corrected chi connectivity index (χ2v) is 21.0. The van der Waals surface area contributed by atoms with Gasteiger partial charge in [0.15, 0.2) is 18.7 Å². The fraction of sp³-hybridized carbons (Fsp3) is 0.953. The van der Waals surface area contributed by atoms with Gasteiger partial charge in [0.05, 0.1) is 25.4 Å². The van der Waals surface area contributed by atoms with E-state index in [4.69, 9.17) is 28.4 Å². The third-order valence-corrected chi connectivity index (χ3v) is 18.3. The van der Waals surface area contributed by atoms with E-state index in [0.29, 0.717) is 18.8 Å². The van der Waals surface area contributed by atoms with Gasteiger partial charge in [-0.05, 0) is 117 Å². The van der Waals surface area contributed by atoms with Crippen LogP contribution in [0.5, 0.6) is 0 Å². The van der Waals surface area contributed by atoms with Gasteiger partial charge >= 0.3 is 11.9 Å². The van der Waals surface area contributed by atoms with Crippen LogP contribution in [0.3, 0.4) is 0 Å². The molecule has 3 heterocycles. The Kier molecular flexibility index (Phi) is 10.4. The van der Waals surface area contributed by atoms with Crippen molar-refractivity contribution in [1.29, 1.82) is 0 Å². The number of carbonyl (C=O) groups is 2. The summed E-state index contributed by atoms with van der Waals surface area (Å²) in [6, 6.07) is 0. The van der Waals surface area contributed by atoms with Crippen LogP contribution in [0.25, 0.3) is 0 Å². The summed E-state index contributed by atoms with van der Waals surface area (Å²) in [6.07, 6.45) is -2.51. The van der Waals surface area contributed by atoms with Crippen molar-refractivity contribution < 1.29 is 68.6 Å². The predicted molar refractivity (Wildman–Crippen MR) is 201 cm³/mol. The lowest BCUT2D eigenvalue weighted by Crippen LogP contribution is -2.74. The molecular weight excluding hydrogens is 740 g/mol. The Hall–Kier alpha value is -1.46. The molecule has 14 nitrogen and oxygen atoms in total. The molecule has 0 aromatic heterocycles. The Balaban J connectivity index is 1.04. The van der Waals surface area contributed by atoms with Crippen LogP contribution >= 0.6 is 0 Å². The molecule has 0 unspecified atom stereocenters. The van der Waals surface area contributed by atoms with Crippen molar-refractivity contribution in [2.75, 3.05) is 19.8 Å². The summed E-state index contributed by atoms with van der Waals surface area (Å²) in [5, 5.41) is 65.4. The Bertz CT molecular complexity index is 1580. The number of rotatable bonds is 8. The molecule has 8 aliphatic rings. The van der Waals surface area contributed by atoms with Crippen LogP contribution in [0.4, 0.5) is 0 Å². The van der Waals surface area contributed by atoms with Crippen molar-refractivity contribution in [3.63, 3.8) is 0 Å². The molecule has 5 aliphatic carbocycles. The molecule has 0 aromatic carbocycles. The summed E-state index contributed by atoms with van der Waals surface area (Å²) < 4.78 is 36.0. The Morgan fingerprint density at radius 3 is 2.04 bits per heavy atom. The van der Waals surface area contributed by atoms with Crippen LogP contribution < -0.4 is 0 Å².